The maximum absolute atomic E-state index is 11.3. The molecule has 0 bridgehead atoms. The predicted molar refractivity (Wildman–Crippen MR) is 86.7 cm³/mol. The second kappa shape index (κ2) is 11.1. The largest absolute Gasteiger partial charge is 0.500 e. The van der Waals surface area contributed by atoms with E-state index < -0.39 is 20.7 Å². The number of carbonyl (C=O) groups excluding carboxylic acids is 2. The van der Waals surface area contributed by atoms with Gasteiger partial charge in [0.15, 0.2) is 0 Å². The van der Waals surface area contributed by atoms with Gasteiger partial charge in [0, 0.05) is 31.4 Å². The zero-order valence-electron chi connectivity index (χ0n) is 14.3. The Morgan fingerprint density at radius 2 is 1.35 bits per heavy atom. The summed E-state index contributed by atoms with van der Waals surface area (Å²) in [6.07, 6.45) is 0.526. The summed E-state index contributed by atoms with van der Waals surface area (Å²) in [7, 11) is 0.122. The molecule has 7 nitrogen and oxygen atoms in total. The van der Waals surface area contributed by atoms with Gasteiger partial charge in [-0.15, -0.1) is 0 Å². The van der Waals surface area contributed by atoms with Crippen molar-refractivity contribution in [2.45, 2.75) is 26.3 Å². The fraction of sp³-hybridized carbons (Fsp3) is 0.600. The molecule has 0 heterocycles. The molecule has 0 aromatic rings. The molecular formula is C15H26O7Si. The molecule has 0 saturated carbocycles. The summed E-state index contributed by atoms with van der Waals surface area (Å²) in [5.74, 6) is -0.901. The minimum atomic E-state index is -2.87. The number of hydrogen-bond acceptors (Lipinski definition) is 7. The molecule has 0 aromatic carbocycles. The summed E-state index contributed by atoms with van der Waals surface area (Å²) in [5.41, 5.74) is 0.675. The van der Waals surface area contributed by atoms with Crippen LogP contribution < -0.4 is 0 Å². The first kappa shape index (κ1) is 21.5. The third-order valence-electron chi connectivity index (χ3n) is 2.82. The average Bonchev–Trinajstić information content (AvgIpc) is 2.52. The van der Waals surface area contributed by atoms with Crippen LogP contribution in [0.2, 0.25) is 6.04 Å². The highest BCUT2D eigenvalue weighted by Crippen LogP contribution is 2.16. The van der Waals surface area contributed by atoms with Crippen molar-refractivity contribution >= 4 is 20.7 Å². The van der Waals surface area contributed by atoms with Gasteiger partial charge in [0.05, 0.1) is 13.2 Å². The predicted octanol–water partition coefficient (Wildman–Crippen LogP) is 1.86. The first-order valence-corrected chi connectivity index (χ1v) is 9.10. The average molecular weight is 346 g/mol. The van der Waals surface area contributed by atoms with E-state index in [1.54, 1.807) is 13.8 Å². The Kier molecular flexibility index (Phi) is 10.4. The molecule has 0 amide bonds. The van der Waals surface area contributed by atoms with Crippen LogP contribution in [0.15, 0.2) is 24.3 Å². The second-order valence-electron chi connectivity index (χ2n) is 4.88. The van der Waals surface area contributed by atoms with Crippen molar-refractivity contribution in [1.29, 1.82) is 0 Å². The van der Waals surface area contributed by atoms with Crippen LogP contribution in [0.1, 0.15) is 20.3 Å². The molecule has 0 aromatic heterocycles. The molecule has 0 unspecified atom stereocenters. The lowest BCUT2D eigenvalue weighted by atomic mass is 10.4. The molecule has 8 heteroatoms. The number of carbonyl (C=O) groups is 2. The molecule has 0 N–H and O–H groups in total. The third kappa shape index (κ3) is 8.65. The fourth-order valence-electron chi connectivity index (χ4n) is 1.51. The van der Waals surface area contributed by atoms with E-state index in [1.165, 1.54) is 14.2 Å². The molecule has 0 fully saturated rings. The van der Waals surface area contributed by atoms with E-state index in [4.69, 9.17) is 22.8 Å². The second-order valence-corrected chi connectivity index (χ2v) is 7.85. The highest BCUT2D eigenvalue weighted by atomic mass is 28.4. The van der Waals surface area contributed by atoms with E-state index in [0.717, 1.165) is 0 Å². The molecule has 0 aliphatic rings. The molecule has 0 atom stereocenters. The quantitative estimate of drug-likeness (QED) is 0.231. The minimum absolute atomic E-state index is 0.0812. The van der Waals surface area contributed by atoms with E-state index in [-0.39, 0.29) is 19.8 Å². The van der Waals surface area contributed by atoms with Crippen molar-refractivity contribution < 1.29 is 32.3 Å². The van der Waals surface area contributed by atoms with Crippen LogP contribution in [0.25, 0.3) is 0 Å². The summed E-state index contributed by atoms with van der Waals surface area (Å²) in [6.45, 7) is 10.6. The first-order valence-electron chi connectivity index (χ1n) is 7.17. The fourth-order valence-corrected chi connectivity index (χ4v) is 3.44. The van der Waals surface area contributed by atoms with Crippen LogP contribution in [-0.4, -0.2) is 54.8 Å². The van der Waals surface area contributed by atoms with Crippen LogP contribution in [0.4, 0.5) is 0 Å². The Bertz CT molecular complexity index is 394. The minimum Gasteiger partial charge on any atom is -0.462 e. The molecule has 132 valence electrons. The highest BCUT2D eigenvalue weighted by Gasteiger charge is 2.38. The molecule has 0 saturated heterocycles. The Labute approximate surface area is 138 Å². The van der Waals surface area contributed by atoms with Crippen LogP contribution in [-0.2, 0) is 32.3 Å². The van der Waals surface area contributed by atoms with Gasteiger partial charge in [-0.2, -0.15) is 0 Å². The Morgan fingerprint density at radius 1 is 0.870 bits per heavy atom. The SMILES string of the molecule is C=C(C)C(=O)OCCC[Si](OC)(OC)OCCOC(=O)C(=C)C. The van der Waals surface area contributed by atoms with E-state index in [0.29, 0.717) is 23.6 Å². The molecule has 0 rings (SSSR count). The van der Waals surface area contributed by atoms with Crippen LogP contribution in [0.5, 0.6) is 0 Å². The van der Waals surface area contributed by atoms with Crippen molar-refractivity contribution in [3.63, 3.8) is 0 Å². The van der Waals surface area contributed by atoms with E-state index in [1.807, 2.05) is 0 Å². The smallest absolute Gasteiger partial charge is 0.462 e. The van der Waals surface area contributed by atoms with Gasteiger partial charge in [0.1, 0.15) is 6.61 Å². The summed E-state index contributed by atoms with van der Waals surface area (Å²) in [5, 5.41) is 0. The Morgan fingerprint density at radius 3 is 1.78 bits per heavy atom. The molecule has 0 spiro atoms. The van der Waals surface area contributed by atoms with Gasteiger partial charge in [-0.1, -0.05) is 13.2 Å². The van der Waals surface area contributed by atoms with Gasteiger partial charge in [-0.25, -0.2) is 9.59 Å². The lowest BCUT2D eigenvalue weighted by Crippen LogP contribution is -2.44. The monoisotopic (exact) mass is 346 g/mol. The van der Waals surface area contributed by atoms with Crippen molar-refractivity contribution in [1.82, 2.24) is 0 Å². The van der Waals surface area contributed by atoms with Crippen molar-refractivity contribution in [3.05, 3.63) is 24.3 Å². The maximum Gasteiger partial charge on any atom is 0.500 e. The zero-order valence-corrected chi connectivity index (χ0v) is 15.3. The number of hydrogen-bond donors (Lipinski definition) is 0. The standard InChI is InChI=1S/C15H26O7Si/c1-12(2)14(16)20-8-7-11-23(18-5,19-6)22-10-9-21-15(17)13(3)4/h1,3,7-11H2,2,4-6H3. The molecule has 0 aliphatic carbocycles. The zero-order chi connectivity index (χ0) is 17.9. The van der Waals surface area contributed by atoms with E-state index >= 15 is 0 Å². The van der Waals surface area contributed by atoms with Gasteiger partial charge in [-0.3, -0.25) is 0 Å². The molecular weight excluding hydrogens is 320 g/mol. The summed E-state index contributed by atoms with van der Waals surface area (Å²) in [4.78, 5) is 22.5. The number of rotatable bonds is 12. The Balaban J connectivity index is 4.19. The first-order chi connectivity index (χ1) is 10.8. The van der Waals surface area contributed by atoms with Crippen LogP contribution in [0.3, 0.4) is 0 Å². The van der Waals surface area contributed by atoms with Gasteiger partial charge in [0.2, 0.25) is 0 Å². The summed E-state index contributed by atoms with van der Waals surface area (Å²) in [6, 6.07) is 0.470. The lowest BCUT2D eigenvalue weighted by Gasteiger charge is -2.26. The van der Waals surface area contributed by atoms with E-state index in [2.05, 4.69) is 13.2 Å². The van der Waals surface area contributed by atoms with Crippen molar-refractivity contribution in [2.75, 3.05) is 34.0 Å². The normalized spacial score (nSPS) is 11.0. The highest BCUT2D eigenvalue weighted by molar-refractivity contribution is 6.60. The molecule has 0 aliphatic heterocycles. The van der Waals surface area contributed by atoms with Gasteiger partial charge < -0.3 is 22.8 Å². The topological polar surface area (TPSA) is 80.3 Å². The van der Waals surface area contributed by atoms with E-state index in [9.17, 15) is 9.59 Å². The van der Waals surface area contributed by atoms with Crippen molar-refractivity contribution in [2.24, 2.45) is 0 Å². The number of ether oxygens (including phenoxy) is 2. The Hall–Kier alpha value is -1.48. The lowest BCUT2D eigenvalue weighted by molar-refractivity contribution is -0.140. The van der Waals surface area contributed by atoms with Gasteiger partial charge in [-0.05, 0) is 20.3 Å². The maximum atomic E-state index is 11.3. The van der Waals surface area contributed by atoms with Crippen LogP contribution in [0, 0.1) is 0 Å². The summed E-state index contributed by atoms with van der Waals surface area (Å²) >= 11 is 0. The summed E-state index contributed by atoms with van der Waals surface area (Å²) < 4.78 is 26.3. The van der Waals surface area contributed by atoms with Gasteiger partial charge >= 0.3 is 20.7 Å². The van der Waals surface area contributed by atoms with Crippen molar-refractivity contribution in [3.8, 4) is 0 Å². The van der Waals surface area contributed by atoms with Gasteiger partial charge in [0.25, 0.3) is 0 Å². The molecule has 23 heavy (non-hydrogen) atoms. The van der Waals surface area contributed by atoms with Crippen LogP contribution >= 0.6 is 0 Å². The third-order valence-corrected chi connectivity index (χ3v) is 5.67. The molecule has 0 radical (unpaired) electrons. The number of esters is 2.